The molecule has 0 aliphatic carbocycles. The lowest BCUT2D eigenvalue weighted by Gasteiger charge is -2.07. The van der Waals surface area contributed by atoms with E-state index in [1.54, 1.807) is 12.1 Å². The molecule has 1 atom stereocenters. The molecule has 0 bridgehead atoms. The van der Waals surface area contributed by atoms with Crippen LogP contribution in [0, 0.1) is 5.82 Å². The van der Waals surface area contributed by atoms with Crippen LogP contribution in [0.15, 0.2) is 18.2 Å². The van der Waals surface area contributed by atoms with Crippen LogP contribution in [0.1, 0.15) is 5.56 Å². The third-order valence-corrected chi connectivity index (χ3v) is 2.18. The van der Waals surface area contributed by atoms with Gasteiger partial charge in [-0.1, -0.05) is 12.1 Å². The highest BCUT2D eigenvalue weighted by Gasteiger charge is 2.31. The molecule has 3 nitrogen and oxygen atoms in total. The van der Waals surface area contributed by atoms with Crippen molar-refractivity contribution in [3.63, 3.8) is 0 Å². The number of ether oxygens (including phenoxy) is 2. The number of para-hydroxylation sites is 1. The first kappa shape index (κ1) is 8.99. The van der Waals surface area contributed by atoms with E-state index in [0.29, 0.717) is 12.0 Å². The maximum Gasteiger partial charge on any atom is 0.347 e. The molecule has 1 aliphatic rings. The second kappa shape index (κ2) is 3.29. The molecule has 0 N–H and O–H groups in total. The lowest BCUT2D eigenvalue weighted by Crippen LogP contribution is -2.26. The van der Waals surface area contributed by atoms with Gasteiger partial charge in [-0.25, -0.2) is 9.18 Å². The van der Waals surface area contributed by atoms with Gasteiger partial charge in [0.05, 0.1) is 7.11 Å². The maximum atomic E-state index is 13.2. The summed E-state index contributed by atoms with van der Waals surface area (Å²) in [6, 6.07) is 4.64. The van der Waals surface area contributed by atoms with Crippen LogP contribution in [0.4, 0.5) is 4.39 Å². The Morgan fingerprint density at radius 2 is 2.43 bits per heavy atom. The predicted octanol–water partition coefficient (Wildman–Crippen LogP) is 1.30. The molecule has 1 aliphatic heterocycles. The third kappa shape index (κ3) is 1.32. The van der Waals surface area contributed by atoms with E-state index in [9.17, 15) is 9.18 Å². The summed E-state index contributed by atoms with van der Waals surface area (Å²) in [5.41, 5.74) is 0.709. The number of rotatable bonds is 1. The van der Waals surface area contributed by atoms with Crippen molar-refractivity contribution in [3.05, 3.63) is 29.6 Å². The molecular formula is C10H9FO3. The lowest BCUT2D eigenvalue weighted by molar-refractivity contribution is -0.147. The SMILES string of the molecule is COC(=O)C1Cc2cccc(F)c2O1. The molecular weight excluding hydrogens is 187 g/mol. The molecule has 1 unspecified atom stereocenters. The van der Waals surface area contributed by atoms with Gasteiger partial charge in [0.2, 0.25) is 0 Å². The van der Waals surface area contributed by atoms with Crippen molar-refractivity contribution in [2.75, 3.05) is 7.11 Å². The number of hydrogen-bond acceptors (Lipinski definition) is 3. The fraction of sp³-hybridized carbons (Fsp3) is 0.300. The topological polar surface area (TPSA) is 35.5 Å². The van der Waals surface area contributed by atoms with Crippen molar-refractivity contribution in [2.45, 2.75) is 12.5 Å². The third-order valence-electron chi connectivity index (χ3n) is 2.18. The van der Waals surface area contributed by atoms with Crippen LogP contribution in [0.2, 0.25) is 0 Å². The van der Waals surface area contributed by atoms with Gasteiger partial charge in [-0.2, -0.15) is 0 Å². The molecule has 0 aromatic heterocycles. The number of benzene rings is 1. The van der Waals surface area contributed by atoms with Crippen molar-refractivity contribution in [1.29, 1.82) is 0 Å². The van der Waals surface area contributed by atoms with Gasteiger partial charge in [-0.15, -0.1) is 0 Å². The highest BCUT2D eigenvalue weighted by molar-refractivity contribution is 5.76. The number of hydrogen-bond donors (Lipinski definition) is 0. The summed E-state index contributed by atoms with van der Waals surface area (Å²) >= 11 is 0. The number of fused-ring (bicyclic) bond motifs is 1. The highest BCUT2D eigenvalue weighted by atomic mass is 19.1. The van der Waals surface area contributed by atoms with Crippen molar-refractivity contribution in [3.8, 4) is 5.75 Å². The normalized spacial score (nSPS) is 18.6. The number of halogens is 1. The predicted molar refractivity (Wildman–Crippen MR) is 46.5 cm³/mol. The Balaban J connectivity index is 2.26. The second-order valence-corrected chi connectivity index (χ2v) is 3.06. The second-order valence-electron chi connectivity index (χ2n) is 3.06. The first-order chi connectivity index (χ1) is 6.72. The first-order valence-corrected chi connectivity index (χ1v) is 4.24. The molecule has 0 fully saturated rings. The van der Waals surface area contributed by atoms with E-state index < -0.39 is 17.9 Å². The van der Waals surface area contributed by atoms with Gasteiger partial charge in [0.15, 0.2) is 17.7 Å². The van der Waals surface area contributed by atoms with Gasteiger partial charge >= 0.3 is 5.97 Å². The molecule has 14 heavy (non-hydrogen) atoms. The van der Waals surface area contributed by atoms with Crippen molar-refractivity contribution in [1.82, 2.24) is 0 Å². The summed E-state index contributed by atoms with van der Waals surface area (Å²) in [6.45, 7) is 0. The number of esters is 1. The molecule has 1 heterocycles. The molecule has 74 valence electrons. The largest absolute Gasteiger partial charge is 0.475 e. The molecule has 1 aromatic rings. The Morgan fingerprint density at radius 1 is 1.64 bits per heavy atom. The van der Waals surface area contributed by atoms with Gasteiger partial charge in [0, 0.05) is 12.0 Å². The molecule has 0 spiro atoms. The zero-order chi connectivity index (χ0) is 10.1. The quantitative estimate of drug-likeness (QED) is 0.635. The summed E-state index contributed by atoms with van der Waals surface area (Å²) in [4.78, 5) is 11.1. The molecule has 0 radical (unpaired) electrons. The average Bonchev–Trinajstić information content (AvgIpc) is 2.62. The molecule has 4 heteroatoms. The van der Waals surface area contributed by atoms with E-state index in [1.807, 2.05) is 0 Å². The summed E-state index contributed by atoms with van der Waals surface area (Å²) in [5, 5.41) is 0. The minimum Gasteiger partial charge on any atom is -0.475 e. The standard InChI is InChI=1S/C10H9FO3/c1-13-10(12)8-5-6-3-2-4-7(11)9(6)14-8/h2-4,8H,5H2,1H3. The number of carbonyl (C=O) groups is 1. The van der Waals surface area contributed by atoms with Gasteiger partial charge in [-0.05, 0) is 6.07 Å². The van der Waals surface area contributed by atoms with Crippen LogP contribution in [-0.4, -0.2) is 19.2 Å². The van der Waals surface area contributed by atoms with E-state index in [2.05, 4.69) is 4.74 Å². The van der Waals surface area contributed by atoms with Crippen LogP contribution in [0.25, 0.3) is 0 Å². The summed E-state index contributed by atoms with van der Waals surface area (Å²) in [6.07, 6.45) is -0.327. The van der Waals surface area contributed by atoms with Gasteiger partial charge < -0.3 is 9.47 Å². The summed E-state index contributed by atoms with van der Waals surface area (Å²) in [5.74, 6) is -0.739. The van der Waals surface area contributed by atoms with Crippen LogP contribution in [-0.2, 0) is 16.0 Å². The van der Waals surface area contributed by atoms with E-state index in [0.717, 1.165) is 0 Å². The van der Waals surface area contributed by atoms with Crippen LogP contribution < -0.4 is 4.74 Å². The van der Waals surface area contributed by atoms with Crippen molar-refractivity contribution in [2.24, 2.45) is 0 Å². The van der Waals surface area contributed by atoms with Crippen molar-refractivity contribution < 1.29 is 18.7 Å². The monoisotopic (exact) mass is 196 g/mol. The lowest BCUT2D eigenvalue weighted by atomic mass is 10.1. The van der Waals surface area contributed by atoms with Crippen LogP contribution >= 0.6 is 0 Å². The molecule has 1 aromatic carbocycles. The Bertz CT molecular complexity index is 376. The van der Waals surface area contributed by atoms with Gasteiger partial charge in [-0.3, -0.25) is 0 Å². The van der Waals surface area contributed by atoms with E-state index >= 15 is 0 Å². The van der Waals surface area contributed by atoms with E-state index in [4.69, 9.17) is 4.74 Å². The fourth-order valence-electron chi connectivity index (χ4n) is 1.49. The van der Waals surface area contributed by atoms with E-state index in [1.165, 1.54) is 13.2 Å². The van der Waals surface area contributed by atoms with Crippen molar-refractivity contribution >= 4 is 5.97 Å². The molecule has 2 rings (SSSR count). The highest BCUT2D eigenvalue weighted by Crippen LogP contribution is 2.31. The minimum atomic E-state index is -0.702. The van der Waals surface area contributed by atoms with Crippen LogP contribution in [0.3, 0.4) is 0 Å². The zero-order valence-electron chi connectivity index (χ0n) is 7.62. The Kier molecular flexibility index (Phi) is 2.11. The minimum absolute atomic E-state index is 0.169. The Labute approximate surface area is 80.4 Å². The fourth-order valence-corrected chi connectivity index (χ4v) is 1.49. The number of methoxy groups -OCH3 is 1. The summed E-state index contributed by atoms with van der Waals surface area (Å²) in [7, 11) is 1.28. The van der Waals surface area contributed by atoms with Crippen LogP contribution in [0.5, 0.6) is 5.75 Å². The molecule has 0 amide bonds. The van der Waals surface area contributed by atoms with Gasteiger partial charge in [0.25, 0.3) is 0 Å². The summed E-state index contributed by atoms with van der Waals surface area (Å²) < 4.78 is 22.8. The first-order valence-electron chi connectivity index (χ1n) is 4.24. The molecule has 0 saturated heterocycles. The Morgan fingerprint density at radius 3 is 3.07 bits per heavy atom. The maximum absolute atomic E-state index is 13.2. The van der Waals surface area contributed by atoms with Gasteiger partial charge in [0.1, 0.15) is 0 Å². The van der Waals surface area contributed by atoms with E-state index in [-0.39, 0.29) is 5.75 Å². The average molecular weight is 196 g/mol. The zero-order valence-corrected chi connectivity index (χ0v) is 7.62. The Hall–Kier alpha value is -1.58. The smallest absolute Gasteiger partial charge is 0.347 e. The molecule has 0 saturated carbocycles. The number of carbonyl (C=O) groups excluding carboxylic acids is 1.